The summed E-state index contributed by atoms with van der Waals surface area (Å²) in [4.78, 5) is 25.0. The van der Waals surface area contributed by atoms with Gasteiger partial charge in [0.05, 0.1) is 5.69 Å². The summed E-state index contributed by atoms with van der Waals surface area (Å²) in [5.74, 6) is 0.159. The second-order valence-electron chi connectivity index (χ2n) is 6.92. The first-order valence-electron chi connectivity index (χ1n) is 8.45. The van der Waals surface area contributed by atoms with Crippen molar-refractivity contribution in [2.75, 3.05) is 7.05 Å². The number of amides is 2. The largest absolute Gasteiger partial charge is 0.357 e. The van der Waals surface area contributed by atoms with Crippen LogP contribution in [0.15, 0.2) is 6.07 Å². The van der Waals surface area contributed by atoms with Gasteiger partial charge in [0, 0.05) is 14.1 Å². The molecule has 1 aromatic rings. The molecule has 0 bridgehead atoms. The number of nitrogens with zero attached hydrogens (tertiary/aromatic N) is 2. The number of likely N-dealkylation sites (N-methyl/N-ethyl adjacent to an activating group) is 1. The Bertz CT molecular complexity index is 571. The molecule has 0 radical (unpaired) electrons. The van der Waals surface area contributed by atoms with Crippen molar-refractivity contribution in [1.29, 1.82) is 0 Å². The zero-order valence-electron chi connectivity index (χ0n) is 14.6. The zero-order chi connectivity index (χ0) is 17.0. The van der Waals surface area contributed by atoms with Gasteiger partial charge in [-0.2, -0.15) is 5.10 Å². The van der Waals surface area contributed by atoms with E-state index in [4.69, 9.17) is 0 Å². The highest BCUT2D eigenvalue weighted by Crippen LogP contribution is 2.29. The van der Waals surface area contributed by atoms with Crippen LogP contribution in [-0.4, -0.2) is 34.2 Å². The van der Waals surface area contributed by atoms with E-state index < -0.39 is 5.54 Å². The van der Waals surface area contributed by atoms with Crippen LogP contribution in [0.1, 0.15) is 62.1 Å². The Morgan fingerprint density at radius 3 is 2.52 bits per heavy atom. The lowest BCUT2D eigenvalue weighted by atomic mass is 9.80. The van der Waals surface area contributed by atoms with Crippen LogP contribution in [0, 0.1) is 5.92 Å². The molecule has 1 aliphatic carbocycles. The molecule has 2 rings (SSSR count). The maximum absolute atomic E-state index is 12.7. The molecule has 2 N–H and O–H groups in total. The van der Waals surface area contributed by atoms with Crippen molar-refractivity contribution in [3.63, 3.8) is 0 Å². The van der Waals surface area contributed by atoms with Gasteiger partial charge in [0.25, 0.3) is 5.91 Å². The summed E-state index contributed by atoms with van der Waals surface area (Å²) in [5.41, 5.74) is 0.631. The highest BCUT2D eigenvalue weighted by molar-refractivity contribution is 5.98. The topological polar surface area (TPSA) is 76.0 Å². The van der Waals surface area contributed by atoms with Crippen molar-refractivity contribution >= 4 is 11.8 Å². The quantitative estimate of drug-likeness (QED) is 0.868. The van der Waals surface area contributed by atoms with Gasteiger partial charge in [-0.25, -0.2) is 0 Å². The Morgan fingerprint density at radius 1 is 1.30 bits per heavy atom. The minimum Gasteiger partial charge on any atom is -0.357 e. The fraction of sp³-hybridized carbons (Fsp3) is 0.706. The first-order chi connectivity index (χ1) is 10.9. The predicted molar refractivity (Wildman–Crippen MR) is 89.1 cm³/mol. The second-order valence-corrected chi connectivity index (χ2v) is 6.92. The number of aromatic nitrogens is 2. The van der Waals surface area contributed by atoms with Gasteiger partial charge >= 0.3 is 0 Å². The van der Waals surface area contributed by atoms with E-state index in [-0.39, 0.29) is 11.8 Å². The monoisotopic (exact) mass is 320 g/mol. The summed E-state index contributed by atoms with van der Waals surface area (Å²) >= 11 is 0. The SMILES string of the molecule is CNC(=O)C1(NC(=O)c2cc(CC(C)C)nn2C)CCCCC1. The van der Waals surface area contributed by atoms with Crippen LogP contribution in [0.2, 0.25) is 0 Å². The third-order valence-electron chi connectivity index (χ3n) is 4.50. The molecule has 0 atom stereocenters. The standard InChI is InChI=1S/C17H28N4O2/c1-12(2)10-13-11-14(21(4)20-13)15(22)19-17(16(23)18-3)8-6-5-7-9-17/h11-12H,5-10H2,1-4H3,(H,18,23)(H,19,22). The molecule has 1 heterocycles. The van der Waals surface area contributed by atoms with Gasteiger partial charge in [0.2, 0.25) is 5.91 Å². The van der Waals surface area contributed by atoms with Crippen LogP contribution >= 0.6 is 0 Å². The minimum atomic E-state index is -0.785. The highest BCUT2D eigenvalue weighted by Gasteiger charge is 2.40. The molecule has 23 heavy (non-hydrogen) atoms. The van der Waals surface area contributed by atoms with Crippen LogP contribution in [0.3, 0.4) is 0 Å². The molecule has 6 heteroatoms. The lowest BCUT2D eigenvalue weighted by Crippen LogP contribution is -2.59. The van der Waals surface area contributed by atoms with Gasteiger partial charge in [-0.05, 0) is 31.2 Å². The summed E-state index contributed by atoms with van der Waals surface area (Å²) in [6, 6.07) is 1.83. The van der Waals surface area contributed by atoms with Crippen molar-refractivity contribution in [2.24, 2.45) is 13.0 Å². The van der Waals surface area contributed by atoms with Gasteiger partial charge < -0.3 is 10.6 Å². The van der Waals surface area contributed by atoms with Gasteiger partial charge in [-0.3, -0.25) is 14.3 Å². The fourth-order valence-electron chi connectivity index (χ4n) is 3.34. The van der Waals surface area contributed by atoms with Gasteiger partial charge in [0.1, 0.15) is 11.2 Å². The fourth-order valence-corrected chi connectivity index (χ4v) is 3.34. The maximum atomic E-state index is 12.7. The van der Waals surface area contributed by atoms with E-state index in [0.717, 1.165) is 31.4 Å². The normalized spacial score (nSPS) is 17.1. The van der Waals surface area contributed by atoms with E-state index in [1.54, 1.807) is 18.8 Å². The average molecular weight is 320 g/mol. The van der Waals surface area contributed by atoms with E-state index >= 15 is 0 Å². The first kappa shape index (κ1) is 17.5. The molecular weight excluding hydrogens is 292 g/mol. The van der Waals surface area contributed by atoms with Crippen molar-refractivity contribution in [3.05, 3.63) is 17.5 Å². The number of carbonyl (C=O) groups excluding carboxylic acids is 2. The summed E-state index contributed by atoms with van der Waals surface area (Å²) in [6.45, 7) is 4.24. The Labute approximate surface area is 138 Å². The summed E-state index contributed by atoms with van der Waals surface area (Å²) in [6.07, 6.45) is 5.24. The Morgan fingerprint density at radius 2 is 1.96 bits per heavy atom. The van der Waals surface area contributed by atoms with Crippen molar-refractivity contribution in [3.8, 4) is 0 Å². The first-order valence-corrected chi connectivity index (χ1v) is 8.45. The van der Waals surface area contributed by atoms with Crippen LogP contribution in [-0.2, 0) is 18.3 Å². The third-order valence-corrected chi connectivity index (χ3v) is 4.50. The molecule has 0 spiro atoms. The number of aryl methyl sites for hydroxylation is 1. The summed E-state index contributed by atoms with van der Waals surface area (Å²) in [5, 5.41) is 10.1. The van der Waals surface area contributed by atoms with Gasteiger partial charge in [0.15, 0.2) is 0 Å². The number of rotatable bonds is 5. The number of carbonyl (C=O) groups is 2. The number of hydrogen-bond acceptors (Lipinski definition) is 3. The molecule has 1 aliphatic rings. The molecule has 0 saturated heterocycles. The van der Waals surface area contributed by atoms with Gasteiger partial charge in [-0.1, -0.05) is 33.1 Å². The Hall–Kier alpha value is -1.85. The minimum absolute atomic E-state index is 0.102. The molecule has 6 nitrogen and oxygen atoms in total. The Kier molecular flexibility index (Phi) is 5.44. The zero-order valence-corrected chi connectivity index (χ0v) is 14.6. The molecule has 1 saturated carbocycles. The number of hydrogen-bond donors (Lipinski definition) is 2. The maximum Gasteiger partial charge on any atom is 0.270 e. The molecule has 0 unspecified atom stereocenters. The van der Waals surface area contributed by atoms with Crippen LogP contribution in [0.4, 0.5) is 0 Å². The molecule has 128 valence electrons. The molecule has 0 aliphatic heterocycles. The predicted octanol–water partition coefficient (Wildman–Crippen LogP) is 1.80. The molecule has 0 aromatic carbocycles. The smallest absolute Gasteiger partial charge is 0.270 e. The molecule has 2 amide bonds. The highest BCUT2D eigenvalue weighted by atomic mass is 16.2. The van der Waals surface area contributed by atoms with E-state index in [0.29, 0.717) is 24.5 Å². The Balaban J connectivity index is 2.19. The number of nitrogens with one attached hydrogen (secondary N) is 2. The lowest BCUT2D eigenvalue weighted by Gasteiger charge is -2.36. The molecule has 1 aromatic heterocycles. The van der Waals surface area contributed by atoms with E-state index in [9.17, 15) is 9.59 Å². The van der Waals surface area contributed by atoms with Crippen LogP contribution < -0.4 is 10.6 Å². The second kappa shape index (κ2) is 7.15. The van der Waals surface area contributed by atoms with E-state index in [2.05, 4.69) is 29.6 Å². The van der Waals surface area contributed by atoms with Crippen LogP contribution in [0.5, 0.6) is 0 Å². The summed E-state index contributed by atoms with van der Waals surface area (Å²) in [7, 11) is 3.39. The van der Waals surface area contributed by atoms with Crippen molar-refractivity contribution in [1.82, 2.24) is 20.4 Å². The van der Waals surface area contributed by atoms with E-state index in [1.807, 2.05) is 6.07 Å². The third kappa shape index (κ3) is 3.92. The van der Waals surface area contributed by atoms with Crippen LogP contribution in [0.25, 0.3) is 0 Å². The van der Waals surface area contributed by atoms with Gasteiger partial charge in [-0.15, -0.1) is 0 Å². The van der Waals surface area contributed by atoms with Crippen molar-refractivity contribution < 1.29 is 9.59 Å². The summed E-state index contributed by atoms with van der Waals surface area (Å²) < 4.78 is 1.60. The molecular formula is C17H28N4O2. The van der Waals surface area contributed by atoms with Crippen molar-refractivity contribution in [2.45, 2.75) is 57.9 Å². The molecule has 1 fully saturated rings. The average Bonchev–Trinajstić information content (AvgIpc) is 2.87. The van der Waals surface area contributed by atoms with E-state index in [1.165, 1.54) is 0 Å². The lowest BCUT2D eigenvalue weighted by molar-refractivity contribution is -0.128.